The van der Waals surface area contributed by atoms with Gasteiger partial charge in [0.1, 0.15) is 5.56 Å². The van der Waals surface area contributed by atoms with E-state index in [1.165, 1.54) is 6.07 Å². The molecule has 2 aromatic carbocycles. The molecule has 2 N–H and O–H groups in total. The smallest absolute Gasteiger partial charge is 0.256 e. The maximum absolute atomic E-state index is 14.4. The highest BCUT2D eigenvalue weighted by atomic mass is 19.2. The van der Waals surface area contributed by atoms with Crippen molar-refractivity contribution < 1.29 is 18.4 Å². The highest BCUT2D eigenvalue weighted by Gasteiger charge is 2.22. The standard InChI is InChI=1S/C21H24F2N4O2/c1-26-11-13-27(14-12-26)10-9-24-21(29)18-17(8-7-16(22)19(18)23)25-20(28)15-5-3-2-4-6-15/h2-8H,9-14H2,1H3,(H,24,29)(H,25,28). The molecule has 1 saturated heterocycles. The molecule has 154 valence electrons. The SMILES string of the molecule is CN1CCN(CCNC(=O)c2c(NC(=O)c3ccccc3)ccc(F)c2F)CC1. The molecule has 1 fully saturated rings. The van der Waals surface area contributed by atoms with Gasteiger partial charge in [-0.1, -0.05) is 18.2 Å². The van der Waals surface area contributed by atoms with E-state index in [1.54, 1.807) is 30.3 Å². The third kappa shape index (κ3) is 5.36. The molecule has 3 rings (SSSR count). The van der Waals surface area contributed by atoms with Crippen LogP contribution in [0.5, 0.6) is 0 Å². The third-order valence-electron chi connectivity index (χ3n) is 4.92. The van der Waals surface area contributed by atoms with Crippen molar-refractivity contribution in [2.24, 2.45) is 0 Å². The van der Waals surface area contributed by atoms with Gasteiger partial charge in [-0.05, 0) is 31.3 Å². The van der Waals surface area contributed by atoms with Crippen molar-refractivity contribution in [1.82, 2.24) is 15.1 Å². The van der Waals surface area contributed by atoms with E-state index >= 15 is 0 Å². The molecule has 0 saturated carbocycles. The lowest BCUT2D eigenvalue weighted by molar-refractivity contribution is 0.0937. The summed E-state index contributed by atoms with van der Waals surface area (Å²) < 4.78 is 28.1. The number of nitrogens with zero attached hydrogens (tertiary/aromatic N) is 2. The number of hydrogen-bond donors (Lipinski definition) is 2. The van der Waals surface area contributed by atoms with Crippen LogP contribution < -0.4 is 10.6 Å². The summed E-state index contributed by atoms with van der Waals surface area (Å²) in [4.78, 5) is 29.3. The molecule has 1 aliphatic heterocycles. The highest BCUT2D eigenvalue weighted by Crippen LogP contribution is 2.22. The summed E-state index contributed by atoms with van der Waals surface area (Å²) in [7, 11) is 2.05. The molecule has 0 unspecified atom stereocenters. The second kappa shape index (κ2) is 9.58. The van der Waals surface area contributed by atoms with E-state index in [0.29, 0.717) is 18.7 Å². The molecule has 29 heavy (non-hydrogen) atoms. The summed E-state index contributed by atoms with van der Waals surface area (Å²) >= 11 is 0. The molecule has 0 aromatic heterocycles. The minimum Gasteiger partial charge on any atom is -0.351 e. The summed E-state index contributed by atoms with van der Waals surface area (Å²) in [6, 6.07) is 10.4. The van der Waals surface area contributed by atoms with Crippen LogP contribution in [-0.4, -0.2) is 67.9 Å². The van der Waals surface area contributed by atoms with Gasteiger partial charge in [-0.25, -0.2) is 8.78 Å². The zero-order chi connectivity index (χ0) is 20.8. The number of halogens is 2. The van der Waals surface area contributed by atoms with Crippen LogP contribution in [0.15, 0.2) is 42.5 Å². The average Bonchev–Trinajstić information content (AvgIpc) is 2.73. The first kappa shape index (κ1) is 20.9. The van der Waals surface area contributed by atoms with Crippen molar-refractivity contribution in [3.63, 3.8) is 0 Å². The second-order valence-corrected chi connectivity index (χ2v) is 7.00. The molecule has 1 heterocycles. The van der Waals surface area contributed by atoms with Gasteiger partial charge in [0.15, 0.2) is 11.6 Å². The number of rotatable bonds is 6. The van der Waals surface area contributed by atoms with Crippen LogP contribution in [-0.2, 0) is 0 Å². The van der Waals surface area contributed by atoms with Gasteiger partial charge in [0.25, 0.3) is 11.8 Å². The molecule has 0 bridgehead atoms. The fourth-order valence-electron chi connectivity index (χ4n) is 3.15. The van der Waals surface area contributed by atoms with Gasteiger partial charge in [-0.2, -0.15) is 0 Å². The minimum absolute atomic E-state index is 0.0742. The summed E-state index contributed by atoms with van der Waals surface area (Å²) in [5, 5.41) is 5.12. The Balaban J connectivity index is 1.67. The van der Waals surface area contributed by atoms with Gasteiger partial charge in [0.05, 0.1) is 5.69 Å². The molecule has 0 radical (unpaired) electrons. The number of likely N-dealkylation sites (N-methyl/N-ethyl adjacent to an activating group) is 1. The monoisotopic (exact) mass is 402 g/mol. The molecule has 2 aromatic rings. The van der Waals surface area contributed by atoms with Crippen molar-refractivity contribution in [2.75, 3.05) is 51.6 Å². The first-order valence-electron chi connectivity index (χ1n) is 9.49. The van der Waals surface area contributed by atoms with Crippen LogP contribution in [0.2, 0.25) is 0 Å². The van der Waals surface area contributed by atoms with E-state index in [-0.39, 0.29) is 5.69 Å². The van der Waals surface area contributed by atoms with Crippen molar-refractivity contribution >= 4 is 17.5 Å². The van der Waals surface area contributed by atoms with Crippen LogP contribution in [0.1, 0.15) is 20.7 Å². The van der Waals surface area contributed by atoms with Crippen LogP contribution in [0.25, 0.3) is 0 Å². The topological polar surface area (TPSA) is 64.7 Å². The van der Waals surface area contributed by atoms with E-state index in [2.05, 4.69) is 27.5 Å². The molecule has 1 aliphatic rings. The normalized spacial score (nSPS) is 15.1. The number of carbonyl (C=O) groups is 2. The number of nitrogens with one attached hydrogen (secondary N) is 2. The van der Waals surface area contributed by atoms with E-state index in [4.69, 9.17) is 0 Å². The largest absolute Gasteiger partial charge is 0.351 e. The molecule has 0 aliphatic carbocycles. The lowest BCUT2D eigenvalue weighted by atomic mass is 10.1. The number of hydrogen-bond acceptors (Lipinski definition) is 4. The van der Waals surface area contributed by atoms with Crippen LogP contribution in [0.3, 0.4) is 0 Å². The minimum atomic E-state index is -1.28. The molecular weight excluding hydrogens is 378 g/mol. The van der Waals surface area contributed by atoms with Gasteiger partial charge in [-0.3, -0.25) is 14.5 Å². The van der Waals surface area contributed by atoms with Gasteiger partial charge in [-0.15, -0.1) is 0 Å². The van der Waals surface area contributed by atoms with Gasteiger partial charge in [0.2, 0.25) is 0 Å². The summed E-state index contributed by atoms with van der Waals surface area (Å²) in [5.41, 5.74) is -0.235. The number of benzene rings is 2. The lowest BCUT2D eigenvalue weighted by Crippen LogP contribution is -2.47. The Bertz CT molecular complexity index is 868. The first-order chi connectivity index (χ1) is 14.0. The van der Waals surface area contributed by atoms with E-state index in [0.717, 1.165) is 32.2 Å². The first-order valence-corrected chi connectivity index (χ1v) is 9.49. The number of anilines is 1. The lowest BCUT2D eigenvalue weighted by Gasteiger charge is -2.32. The summed E-state index contributed by atoms with van der Waals surface area (Å²) in [5.74, 6) is -3.71. The third-order valence-corrected chi connectivity index (χ3v) is 4.92. The Morgan fingerprint density at radius 3 is 2.34 bits per heavy atom. The number of carbonyl (C=O) groups excluding carboxylic acids is 2. The van der Waals surface area contributed by atoms with Crippen molar-refractivity contribution in [3.05, 3.63) is 65.2 Å². The summed E-state index contributed by atoms with van der Waals surface area (Å²) in [6.07, 6.45) is 0. The van der Waals surface area contributed by atoms with Gasteiger partial charge < -0.3 is 15.5 Å². The molecule has 2 amide bonds. The van der Waals surface area contributed by atoms with Gasteiger partial charge >= 0.3 is 0 Å². The van der Waals surface area contributed by atoms with Crippen molar-refractivity contribution in [1.29, 1.82) is 0 Å². The van der Waals surface area contributed by atoms with E-state index in [9.17, 15) is 18.4 Å². The molecular formula is C21H24F2N4O2. The molecule has 8 heteroatoms. The zero-order valence-electron chi connectivity index (χ0n) is 16.3. The number of piperazine rings is 1. The van der Waals surface area contributed by atoms with Crippen LogP contribution in [0.4, 0.5) is 14.5 Å². The van der Waals surface area contributed by atoms with Gasteiger partial charge in [0, 0.05) is 44.8 Å². The van der Waals surface area contributed by atoms with E-state index < -0.39 is 29.0 Å². The highest BCUT2D eigenvalue weighted by molar-refractivity contribution is 6.09. The van der Waals surface area contributed by atoms with Crippen molar-refractivity contribution in [2.45, 2.75) is 0 Å². The Kier molecular flexibility index (Phi) is 6.90. The van der Waals surface area contributed by atoms with Crippen molar-refractivity contribution in [3.8, 4) is 0 Å². The zero-order valence-corrected chi connectivity index (χ0v) is 16.3. The van der Waals surface area contributed by atoms with Crippen LogP contribution in [0, 0.1) is 11.6 Å². The predicted molar refractivity (Wildman–Crippen MR) is 107 cm³/mol. The predicted octanol–water partition coefficient (Wildman–Crippen LogP) is 2.19. The van der Waals surface area contributed by atoms with Crippen LogP contribution >= 0.6 is 0 Å². The quantitative estimate of drug-likeness (QED) is 0.778. The molecule has 0 atom stereocenters. The Morgan fingerprint density at radius 2 is 1.66 bits per heavy atom. The number of amides is 2. The van der Waals surface area contributed by atoms with E-state index in [1.807, 2.05) is 0 Å². The molecule has 0 spiro atoms. The Morgan fingerprint density at radius 1 is 0.966 bits per heavy atom. The fraction of sp³-hybridized carbons (Fsp3) is 0.333. The molecule has 6 nitrogen and oxygen atoms in total. The maximum Gasteiger partial charge on any atom is 0.256 e. The Hall–Kier alpha value is -2.84. The fourth-order valence-corrected chi connectivity index (χ4v) is 3.15. The Labute approximate surface area is 168 Å². The average molecular weight is 402 g/mol. The second-order valence-electron chi connectivity index (χ2n) is 7.00. The maximum atomic E-state index is 14.4. The summed E-state index contributed by atoms with van der Waals surface area (Å²) in [6.45, 7) is 4.58.